The van der Waals surface area contributed by atoms with Gasteiger partial charge in [0.1, 0.15) is 5.69 Å². The van der Waals surface area contributed by atoms with Crippen LogP contribution in [0.2, 0.25) is 0 Å². The molecular weight excluding hydrogens is 331 g/mol. The number of fused-ring (bicyclic) bond motifs is 1. The highest BCUT2D eigenvalue weighted by Gasteiger charge is 2.41. The average Bonchev–Trinajstić information content (AvgIpc) is 3.13. The van der Waals surface area contributed by atoms with Gasteiger partial charge < -0.3 is 9.80 Å². The SMILES string of the molecule is Cc1ccnc(N2CC3CN(c4ccc(C(F)(F)F)nc4)CC3C2)n1. The molecule has 0 aliphatic carbocycles. The van der Waals surface area contributed by atoms with Crippen molar-refractivity contribution in [3.63, 3.8) is 0 Å². The van der Waals surface area contributed by atoms with Crippen LogP contribution in [0.1, 0.15) is 11.4 Å². The molecule has 0 bridgehead atoms. The Kier molecular flexibility index (Phi) is 3.77. The number of rotatable bonds is 2. The van der Waals surface area contributed by atoms with Gasteiger partial charge in [-0.2, -0.15) is 13.2 Å². The predicted octanol–water partition coefficient (Wildman–Crippen LogP) is 2.77. The van der Waals surface area contributed by atoms with Gasteiger partial charge in [-0.1, -0.05) is 0 Å². The first-order valence-corrected chi connectivity index (χ1v) is 8.23. The summed E-state index contributed by atoms with van der Waals surface area (Å²) in [6.45, 7) is 5.33. The molecule has 0 N–H and O–H groups in total. The quantitative estimate of drug-likeness (QED) is 0.834. The molecule has 4 rings (SSSR count). The van der Waals surface area contributed by atoms with Crippen LogP contribution in [0.15, 0.2) is 30.6 Å². The topological polar surface area (TPSA) is 45.2 Å². The summed E-state index contributed by atoms with van der Waals surface area (Å²) < 4.78 is 37.9. The Bertz CT molecular complexity index is 748. The maximum absolute atomic E-state index is 12.6. The Morgan fingerprint density at radius 3 is 2.20 bits per heavy atom. The van der Waals surface area contributed by atoms with E-state index in [0.717, 1.165) is 49.6 Å². The maximum atomic E-state index is 12.6. The minimum Gasteiger partial charge on any atom is -0.370 e. The smallest absolute Gasteiger partial charge is 0.370 e. The molecule has 0 radical (unpaired) electrons. The molecule has 5 nitrogen and oxygen atoms in total. The lowest BCUT2D eigenvalue weighted by molar-refractivity contribution is -0.141. The van der Waals surface area contributed by atoms with Gasteiger partial charge in [-0.3, -0.25) is 0 Å². The van der Waals surface area contributed by atoms with Crippen molar-refractivity contribution in [3.8, 4) is 0 Å². The van der Waals surface area contributed by atoms with E-state index in [2.05, 4.69) is 24.8 Å². The lowest BCUT2D eigenvalue weighted by atomic mass is 10.0. The summed E-state index contributed by atoms with van der Waals surface area (Å²) in [7, 11) is 0. The summed E-state index contributed by atoms with van der Waals surface area (Å²) in [4.78, 5) is 16.7. The van der Waals surface area contributed by atoms with E-state index >= 15 is 0 Å². The largest absolute Gasteiger partial charge is 0.433 e. The second-order valence-electron chi connectivity index (χ2n) is 6.73. The lowest BCUT2D eigenvalue weighted by Gasteiger charge is -2.23. The third-order valence-corrected chi connectivity index (χ3v) is 4.95. The molecule has 0 aromatic carbocycles. The zero-order valence-corrected chi connectivity index (χ0v) is 13.7. The minimum atomic E-state index is -4.39. The first-order valence-electron chi connectivity index (χ1n) is 8.23. The molecule has 0 spiro atoms. The van der Waals surface area contributed by atoms with Crippen molar-refractivity contribution in [1.82, 2.24) is 15.0 Å². The van der Waals surface area contributed by atoms with Crippen LogP contribution >= 0.6 is 0 Å². The average molecular weight is 349 g/mol. The van der Waals surface area contributed by atoms with E-state index < -0.39 is 11.9 Å². The molecule has 2 aromatic rings. The van der Waals surface area contributed by atoms with Crippen LogP contribution in [0.5, 0.6) is 0 Å². The number of aromatic nitrogens is 3. The summed E-state index contributed by atoms with van der Waals surface area (Å²) in [5, 5.41) is 0. The summed E-state index contributed by atoms with van der Waals surface area (Å²) in [5.41, 5.74) is 0.846. The van der Waals surface area contributed by atoms with Gasteiger partial charge in [0.2, 0.25) is 5.95 Å². The molecule has 4 heterocycles. The van der Waals surface area contributed by atoms with Gasteiger partial charge in [0.05, 0.1) is 11.9 Å². The first kappa shape index (κ1) is 16.1. The highest BCUT2D eigenvalue weighted by atomic mass is 19.4. The van der Waals surface area contributed by atoms with Crippen molar-refractivity contribution in [3.05, 3.63) is 42.0 Å². The number of anilines is 2. The summed E-state index contributed by atoms with van der Waals surface area (Å²) >= 11 is 0. The molecule has 132 valence electrons. The van der Waals surface area contributed by atoms with Gasteiger partial charge in [0.15, 0.2) is 0 Å². The fourth-order valence-electron chi connectivity index (χ4n) is 3.70. The molecule has 8 heteroatoms. The summed E-state index contributed by atoms with van der Waals surface area (Å²) in [6.07, 6.45) is -1.30. The number of hydrogen-bond donors (Lipinski definition) is 0. The van der Waals surface area contributed by atoms with E-state index in [-0.39, 0.29) is 0 Å². The standard InChI is InChI=1S/C17H18F3N5/c1-11-4-5-21-16(23-11)25-9-12-7-24(8-13(12)10-25)14-2-3-15(22-6-14)17(18,19)20/h2-6,12-13H,7-10H2,1H3. The normalized spacial score (nSPS) is 23.2. The number of halogens is 3. The first-order chi connectivity index (χ1) is 11.9. The van der Waals surface area contributed by atoms with Crippen LogP contribution < -0.4 is 9.80 Å². The monoisotopic (exact) mass is 349 g/mol. The Morgan fingerprint density at radius 2 is 1.64 bits per heavy atom. The van der Waals surface area contributed by atoms with Crippen LogP contribution in [0.4, 0.5) is 24.8 Å². The van der Waals surface area contributed by atoms with Crippen LogP contribution in [-0.4, -0.2) is 41.1 Å². The molecular formula is C17H18F3N5. The summed E-state index contributed by atoms with van der Waals surface area (Å²) in [6, 6.07) is 4.44. The highest BCUT2D eigenvalue weighted by molar-refractivity contribution is 5.47. The molecule has 0 saturated carbocycles. The number of hydrogen-bond acceptors (Lipinski definition) is 5. The van der Waals surface area contributed by atoms with Crippen LogP contribution in [0.25, 0.3) is 0 Å². The summed E-state index contributed by atoms with van der Waals surface area (Å²) in [5.74, 6) is 1.69. The number of aryl methyl sites for hydroxylation is 1. The van der Waals surface area contributed by atoms with Crippen molar-refractivity contribution in [2.45, 2.75) is 13.1 Å². The van der Waals surface area contributed by atoms with E-state index in [1.165, 1.54) is 12.3 Å². The van der Waals surface area contributed by atoms with E-state index in [1.54, 1.807) is 6.20 Å². The van der Waals surface area contributed by atoms with Crippen molar-refractivity contribution < 1.29 is 13.2 Å². The molecule has 2 atom stereocenters. The molecule has 2 unspecified atom stereocenters. The Morgan fingerprint density at radius 1 is 0.960 bits per heavy atom. The van der Waals surface area contributed by atoms with Crippen LogP contribution in [-0.2, 0) is 6.18 Å². The Labute approximate surface area is 143 Å². The number of nitrogens with zero attached hydrogens (tertiary/aromatic N) is 5. The van der Waals surface area contributed by atoms with Crippen molar-refractivity contribution in [1.29, 1.82) is 0 Å². The minimum absolute atomic E-state index is 0.464. The molecule has 2 aromatic heterocycles. The molecule has 2 aliphatic heterocycles. The van der Waals surface area contributed by atoms with Gasteiger partial charge >= 0.3 is 6.18 Å². The lowest BCUT2D eigenvalue weighted by Crippen LogP contribution is -2.29. The van der Waals surface area contributed by atoms with Crippen molar-refractivity contribution >= 4 is 11.6 Å². The van der Waals surface area contributed by atoms with Gasteiger partial charge in [-0.25, -0.2) is 15.0 Å². The van der Waals surface area contributed by atoms with Crippen molar-refractivity contribution in [2.24, 2.45) is 11.8 Å². The van der Waals surface area contributed by atoms with E-state index in [1.807, 2.05) is 13.0 Å². The molecule has 25 heavy (non-hydrogen) atoms. The third kappa shape index (κ3) is 3.12. The van der Waals surface area contributed by atoms with E-state index in [4.69, 9.17) is 0 Å². The Balaban J connectivity index is 1.42. The predicted molar refractivity (Wildman–Crippen MR) is 87.4 cm³/mol. The van der Waals surface area contributed by atoms with Crippen LogP contribution in [0, 0.1) is 18.8 Å². The van der Waals surface area contributed by atoms with Crippen molar-refractivity contribution in [2.75, 3.05) is 36.0 Å². The van der Waals surface area contributed by atoms with E-state index in [9.17, 15) is 13.2 Å². The molecule has 2 aliphatic rings. The second-order valence-corrected chi connectivity index (χ2v) is 6.73. The number of pyridine rings is 1. The van der Waals surface area contributed by atoms with Gasteiger partial charge in [0, 0.05) is 49.9 Å². The highest BCUT2D eigenvalue weighted by Crippen LogP contribution is 2.35. The molecule has 0 amide bonds. The zero-order chi connectivity index (χ0) is 17.6. The van der Waals surface area contributed by atoms with E-state index in [0.29, 0.717) is 11.8 Å². The molecule has 2 fully saturated rings. The fraction of sp³-hybridized carbons (Fsp3) is 0.471. The Hall–Kier alpha value is -2.38. The van der Waals surface area contributed by atoms with Gasteiger partial charge in [-0.15, -0.1) is 0 Å². The second kappa shape index (κ2) is 5.86. The van der Waals surface area contributed by atoms with Gasteiger partial charge in [0.25, 0.3) is 0 Å². The third-order valence-electron chi connectivity index (χ3n) is 4.95. The molecule has 2 saturated heterocycles. The zero-order valence-electron chi connectivity index (χ0n) is 13.7. The van der Waals surface area contributed by atoms with Gasteiger partial charge in [-0.05, 0) is 25.1 Å². The number of alkyl halides is 3. The fourth-order valence-corrected chi connectivity index (χ4v) is 3.70. The maximum Gasteiger partial charge on any atom is 0.433 e. The van der Waals surface area contributed by atoms with Crippen LogP contribution in [0.3, 0.4) is 0 Å².